The Hall–Kier alpha value is -3.52. The molecule has 0 saturated carbocycles. The monoisotopic (exact) mass is 454 g/mol. The van der Waals surface area contributed by atoms with E-state index in [9.17, 15) is 9.59 Å². The highest BCUT2D eigenvalue weighted by Crippen LogP contribution is 2.37. The van der Waals surface area contributed by atoms with E-state index in [2.05, 4.69) is 5.32 Å². The Labute approximate surface area is 194 Å². The minimum absolute atomic E-state index is 0.191. The molecule has 0 unspecified atom stereocenters. The van der Waals surface area contributed by atoms with Gasteiger partial charge >= 0.3 is 0 Å². The number of carbonyl (C=O) groups is 2. The lowest BCUT2D eigenvalue weighted by Crippen LogP contribution is -2.34. The number of amides is 2. The number of methoxy groups -OCH3 is 2. The van der Waals surface area contributed by atoms with E-state index in [-0.39, 0.29) is 23.7 Å². The fourth-order valence-electron chi connectivity index (χ4n) is 3.61. The van der Waals surface area contributed by atoms with E-state index in [1.165, 1.54) is 12.0 Å². The van der Waals surface area contributed by atoms with Gasteiger partial charge in [-0.3, -0.25) is 14.5 Å². The van der Waals surface area contributed by atoms with Crippen LogP contribution >= 0.6 is 0 Å². The van der Waals surface area contributed by atoms with Crippen molar-refractivity contribution in [1.29, 1.82) is 0 Å². The molecular formula is C25H30N2O6. The number of ether oxygens (including phenoxy) is 4. The first-order chi connectivity index (χ1) is 16.0. The van der Waals surface area contributed by atoms with Crippen LogP contribution in [0, 0.1) is 0 Å². The summed E-state index contributed by atoms with van der Waals surface area (Å²) >= 11 is 0. The van der Waals surface area contributed by atoms with E-state index in [1.807, 2.05) is 32.0 Å². The summed E-state index contributed by atoms with van der Waals surface area (Å²) in [4.78, 5) is 28.0. The predicted molar refractivity (Wildman–Crippen MR) is 126 cm³/mol. The van der Waals surface area contributed by atoms with Crippen LogP contribution in [0.4, 0.5) is 5.69 Å². The lowest BCUT2D eigenvalue weighted by Gasteiger charge is -2.16. The van der Waals surface area contributed by atoms with Gasteiger partial charge in [0.1, 0.15) is 11.4 Å². The van der Waals surface area contributed by atoms with Crippen molar-refractivity contribution in [3.63, 3.8) is 0 Å². The highest BCUT2D eigenvalue weighted by Gasteiger charge is 2.39. The molecular weight excluding hydrogens is 424 g/mol. The molecule has 176 valence electrons. The highest BCUT2D eigenvalue weighted by molar-refractivity contribution is 6.36. The van der Waals surface area contributed by atoms with Gasteiger partial charge in [-0.05, 0) is 50.1 Å². The van der Waals surface area contributed by atoms with Gasteiger partial charge in [-0.25, -0.2) is 0 Å². The lowest BCUT2D eigenvalue weighted by atomic mass is 10.0. The maximum atomic E-state index is 13.4. The molecule has 2 aromatic carbocycles. The number of nitrogens with zero attached hydrogens (tertiary/aromatic N) is 1. The fourth-order valence-corrected chi connectivity index (χ4v) is 3.61. The lowest BCUT2D eigenvalue weighted by molar-refractivity contribution is -0.137. The molecule has 1 aliphatic heterocycles. The van der Waals surface area contributed by atoms with Crippen LogP contribution in [0.2, 0.25) is 0 Å². The third kappa shape index (κ3) is 5.28. The zero-order chi connectivity index (χ0) is 23.8. The van der Waals surface area contributed by atoms with Crippen LogP contribution in [-0.2, 0) is 14.3 Å². The molecule has 0 bridgehead atoms. The average molecular weight is 455 g/mol. The highest BCUT2D eigenvalue weighted by atomic mass is 16.5. The van der Waals surface area contributed by atoms with E-state index in [0.717, 1.165) is 0 Å². The average Bonchev–Trinajstić information content (AvgIpc) is 3.06. The Morgan fingerprint density at radius 2 is 1.64 bits per heavy atom. The first-order valence-electron chi connectivity index (χ1n) is 10.9. The summed E-state index contributed by atoms with van der Waals surface area (Å²) in [6.45, 7) is 5.56. The summed E-state index contributed by atoms with van der Waals surface area (Å²) in [7, 11) is 3.06. The van der Waals surface area contributed by atoms with Crippen molar-refractivity contribution in [1.82, 2.24) is 4.90 Å². The topological polar surface area (TPSA) is 86.3 Å². The summed E-state index contributed by atoms with van der Waals surface area (Å²) in [5.74, 6) is 0.817. The van der Waals surface area contributed by atoms with Gasteiger partial charge in [0.05, 0.1) is 32.1 Å². The van der Waals surface area contributed by atoms with Crippen LogP contribution in [-0.4, -0.2) is 57.3 Å². The van der Waals surface area contributed by atoms with Gasteiger partial charge in [-0.1, -0.05) is 18.2 Å². The molecule has 2 aromatic rings. The van der Waals surface area contributed by atoms with Crippen molar-refractivity contribution >= 4 is 23.1 Å². The molecule has 0 radical (unpaired) electrons. The van der Waals surface area contributed by atoms with Crippen LogP contribution in [0.5, 0.6) is 17.2 Å². The van der Waals surface area contributed by atoms with Crippen molar-refractivity contribution in [3.8, 4) is 17.2 Å². The van der Waals surface area contributed by atoms with Crippen LogP contribution < -0.4 is 19.5 Å². The van der Waals surface area contributed by atoms with Crippen molar-refractivity contribution in [3.05, 3.63) is 53.7 Å². The van der Waals surface area contributed by atoms with E-state index < -0.39 is 5.91 Å². The number of imide groups is 1. The summed E-state index contributed by atoms with van der Waals surface area (Å²) in [6, 6.07) is 12.4. The number of para-hydroxylation sites is 2. The number of anilines is 1. The first kappa shape index (κ1) is 24.1. The molecule has 8 nitrogen and oxygen atoms in total. The molecule has 3 rings (SSSR count). The summed E-state index contributed by atoms with van der Waals surface area (Å²) in [5, 5.41) is 3.16. The van der Waals surface area contributed by atoms with Crippen LogP contribution in [0.15, 0.2) is 48.2 Å². The maximum Gasteiger partial charge on any atom is 0.278 e. The molecule has 0 spiro atoms. The fraction of sp³-hybridized carbons (Fsp3) is 0.360. The first-order valence-corrected chi connectivity index (χ1v) is 10.9. The SMILES string of the molecule is CCOCCCN1C(=O)C(Nc2ccccc2OCC)=C(c2ccc(OC)c(OC)c2)C1=O. The number of nitrogens with one attached hydrogen (secondary N) is 1. The van der Waals surface area contributed by atoms with Crippen LogP contribution in [0.1, 0.15) is 25.8 Å². The molecule has 1 heterocycles. The van der Waals surface area contributed by atoms with Crippen molar-refractivity contribution in [2.45, 2.75) is 20.3 Å². The number of benzene rings is 2. The van der Waals surface area contributed by atoms with Crippen molar-refractivity contribution < 1.29 is 28.5 Å². The van der Waals surface area contributed by atoms with Crippen LogP contribution in [0.25, 0.3) is 5.57 Å². The number of hydrogen-bond donors (Lipinski definition) is 1. The Balaban J connectivity index is 2.03. The van der Waals surface area contributed by atoms with Gasteiger partial charge in [-0.15, -0.1) is 0 Å². The largest absolute Gasteiger partial charge is 0.493 e. The van der Waals surface area contributed by atoms with E-state index in [0.29, 0.717) is 54.7 Å². The second-order valence-electron chi connectivity index (χ2n) is 7.19. The summed E-state index contributed by atoms with van der Waals surface area (Å²) < 4.78 is 21.8. The summed E-state index contributed by atoms with van der Waals surface area (Å²) in [5.41, 5.74) is 1.61. The van der Waals surface area contributed by atoms with Gasteiger partial charge in [0, 0.05) is 19.8 Å². The molecule has 2 amide bonds. The zero-order valence-corrected chi connectivity index (χ0v) is 19.5. The predicted octanol–water partition coefficient (Wildman–Crippen LogP) is 3.72. The third-order valence-corrected chi connectivity index (χ3v) is 5.16. The minimum atomic E-state index is -0.396. The smallest absolute Gasteiger partial charge is 0.278 e. The van der Waals surface area contributed by atoms with Gasteiger partial charge in [-0.2, -0.15) is 0 Å². The molecule has 0 atom stereocenters. The van der Waals surface area contributed by atoms with Crippen LogP contribution in [0.3, 0.4) is 0 Å². The Bertz CT molecular complexity index is 1030. The standard InChI is InChI=1S/C25H30N2O6/c1-5-32-15-9-14-27-24(28)22(17-12-13-20(30-3)21(16-17)31-4)23(25(27)29)26-18-10-7-8-11-19(18)33-6-2/h7-8,10-13,16,26H,5-6,9,14-15H2,1-4H3. The Morgan fingerprint density at radius 1 is 0.879 bits per heavy atom. The molecule has 0 fully saturated rings. The minimum Gasteiger partial charge on any atom is -0.493 e. The second-order valence-corrected chi connectivity index (χ2v) is 7.19. The molecule has 0 aliphatic carbocycles. The Kier molecular flexibility index (Phi) is 8.32. The third-order valence-electron chi connectivity index (χ3n) is 5.16. The molecule has 1 N–H and O–H groups in total. The van der Waals surface area contributed by atoms with E-state index in [1.54, 1.807) is 31.4 Å². The van der Waals surface area contributed by atoms with Gasteiger partial charge in [0.15, 0.2) is 11.5 Å². The normalized spacial score (nSPS) is 13.5. The van der Waals surface area contributed by atoms with Gasteiger partial charge in [0.2, 0.25) is 0 Å². The molecule has 1 aliphatic rings. The Morgan fingerprint density at radius 3 is 2.33 bits per heavy atom. The molecule has 8 heteroatoms. The molecule has 33 heavy (non-hydrogen) atoms. The van der Waals surface area contributed by atoms with Crippen molar-refractivity contribution in [2.24, 2.45) is 0 Å². The van der Waals surface area contributed by atoms with E-state index >= 15 is 0 Å². The molecule has 0 aromatic heterocycles. The number of hydrogen-bond acceptors (Lipinski definition) is 7. The van der Waals surface area contributed by atoms with Gasteiger partial charge in [0.25, 0.3) is 11.8 Å². The zero-order valence-electron chi connectivity index (χ0n) is 19.5. The van der Waals surface area contributed by atoms with Gasteiger partial charge < -0.3 is 24.3 Å². The quantitative estimate of drug-likeness (QED) is 0.386. The number of rotatable bonds is 12. The van der Waals surface area contributed by atoms with E-state index in [4.69, 9.17) is 18.9 Å². The number of carbonyl (C=O) groups excluding carboxylic acids is 2. The summed E-state index contributed by atoms with van der Waals surface area (Å²) in [6.07, 6.45) is 0.549. The van der Waals surface area contributed by atoms with Crippen molar-refractivity contribution in [2.75, 3.05) is 45.9 Å². The second kappa shape index (κ2) is 11.4. The molecule has 0 saturated heterocycles. The maximum absolute atomic E-state index is 13.4.